The van der Waals surface area contributed by atoms with Gasteiger partial charge in [-0.1, -0.05) is 30.3 Å². The first-order valence-corrected chi connectivity index (χ1v) is 10.3. The van der Waals surface area contributed by atoms with Crippen molar-refractivity contribution in [3.05, 3.63) is 53.6 Å². The molecule has 0 amide bonds. The van der Waals surface area contributed by atoms with Crippen molar-refractivity contribution in [1.82, 2.24) is 9.80 Å². The van der Waals surface area contributed by atoms with E-state index in [0.717, 1.165) is 43.9 Å². The smallest absolute Gasteiger partial charge is 0.162 e. The first-order chi connectivity index (χ1) is 14.2. The lowest BCUT2D eigenvalue weighted by Gasteiger charge is -2.41. The summed E-state index contributed by atoms with van der Waals surface area (Å²) in [5.41, 5.74) is 2.04. The Morgan fingerprint density at radius 3 is 2.52 bits per heavy atom. The zero-order chi connectivity index (χ0) is 20.6. The number of aliphatic hydroxyl groups is 1. The normalized spacial score (nSPS) is 18.0. The molecule has 6 heteroatoms. The van der Waals surface area contributed by atoms with Crippen molar-refractivity contribution < 1.29 is 19.7 Å². The van der Waals surface area contributed by atoms with E-state index in [4.69, 9.17) is 9.47 Å². The minimum absolute atomic E-state index is 0.159. The monoisotopic (exact) mass is 400 g/mol. The Hall–Kier alpha value is -2.28. The molecule has 1 atom stereocenters. The Labute approximate surface area is 173 Å². The fourth-order valence-corrected chi connectivity index (χ4v) is 3.98. The third-order valence-corrected chi connectivity index (χ3v) is 5.49. The number of phenols is 1. The van der Waals surface area contributed by atoms with Gasteiger partial charge in [-0.3, -0.25) is 9.80 Å². The summed E-state index contributed by atoms with van der Waals surface area (Å²) in [6.07, 6.45) is 0.720. The number of rotatable bonds is 9. The molecule has 1 heterocycles. The molecule has 2 aromatic rings. The van der Waals surface area contributed by atoms with Crippen LogP contribution in [0.25, 0.3) is 0 Å². The second-order valence-corrected chi connectivity index (χ2v) is 7.38. The van der Waals surface area contributed by atoms with Gasteiger partial charge >= 0.3 is 0 Å². The van der Waals surface area contributed by atoms with Crippen LogP contribution in [-0.4, -0.2) is 66.0 Å². The predicted molar refractivity (Wildman–Crippen MR) is 113 cm³/mol. The maximum absolute atomic E-state index is 10.4. The summed E-state index contributed by atoms with van der Waals surface area (Å²) in [6.45, 7) is 6.91. The SMILES string of the molecule is CCOc1ccccc1CN1CCN(Cc2cccc(OC)c2O)CC1CCO. The van der Waals surface area contributed by atoms with Crippen LogP contribution in [0.4, 0.5) is 0 Å². The topological polar surface area (TPSA) is 65.4 Å². The molecule has 2 N–H and O–H groups in total. The molecule has 0 spiro atoms. The Balaban J connectivity index is 1.68. The highest BCUT2D eigenvalue weighted by atomic mass is 16.5. The van der Waals surface area contributed by atoms with E-state index < -0.39 is 0 Å². The first-order valence-electron chi connectivity index (χ1n) is 10.3. The summed E-state index contributed by atoms with van der Waals surface area (Å²) in [7, 11) is 1.56. The molecule has 3 rings (SSSR count). The largest absolute Gasteiger partial charge is 0.504 e. The molecular formula is C23H32N2O4. The number of ether oxygens (including phenoxy) is 2. The van der Waals surface area contributed by atoms with Gasteiger partial charge in [0.25, 0.3) is 0 Å². The second kappa shape index (κ2) is 10.5. The maximum atomic E-state index is 10.4. The summed E-state index contributed by atoms with van der Waals surface area (Å²) in [4.78, 5) is 4.76. The van der Waals surface area contributed by atoms with Gasteiger partial charge in [0.05, 0.1) is 13.7 Å². The predicted octanol–water partition coefficient (Wildman–Crippen LogP) is 2.87. The zero-order valence-electron chi connectivity index (χ0n) is 17.4. The van der Waals surface area contributed by atoms with Crippen LogP contribution >= 0.6 is 0 Å². The van der Waals surface area contributed by atoms with Crippen molar-refractivity contribution in [3.8, 4) is 17.2 Å². The van der Waals surface area contributed by atoms with Gasteiger partial charge in [0.2, 0.25) is 0 Å². The Bertz CT molecular complexity index is 783. The third kappa shape index (κ3) is 5.41. The minimum Gasteiger partial charge on any atom is -0.504 e. The van der Waals surface area contributed by atoms with Crippen LogP contribution in [0.15, 0.2) is 42.5 Å². The summed E-state index contributed by atoms with van der Waals surface area (Å²) in [5, 5.41) is 20.0. The average Bonchev–Trinajstić information content (AvgIpc) is 2.73. The molecule has 1 unspecified atom stereocenters. The van der Waals surface area contributed by atoms with Gasteiger partial charge in [0.1, 0.15) is 5.75 Å². The Morgan fingerprint density at radius 1 is 1.00 bits per heavy atom. The highest BCUT2D eigenvalue weighted by Gasteiger charge is 2.28. The maximum Gasteiger partial charge on any atom is 0.162 e. The lowest BCUT2D eigenvalue weighted by atomic mass is 10.1. The molecule has 158 valence electrons. The van der Waals surface area contributed by atoms with Gasteiger partial charge in [-0.2, -0.15) is 0 Å². The molecule has 0 saturated carbocycles. The Kier molecular flexibility index (Phi) is 7.75. The van der Waals surface area contributed by atoms with Gasteiger partial charge in [-0.05, 0) is 25.5 Å². The quantitative estimate of drug-likeness (QED) is 0.675. The molecule has 0 radical (unpaired) electrons. The zero-order valence-corrected chi connectivity index (χ0v) is 17.4. The van der Waals surface area contributed by atoms with E-state index >= 15 is 0 Å². The fraction of sp³-hybridized carbons (Fsp3) is 0.478. The fourth-order valence-electron chi connectivity index (χ4n) is 3.98. The number of nitrogens with zero attached hydrogens (tertiary/aromatic N) is 2. The van der Waals surface area contributed by atoms with Crippen LogP contribution in [0.2, 0.25) is 0 Å². The Morgan fingerprint density at radius 2 is 1.76 bits per heavy atom. The van der Waals surface area contributed by atoms with Crippen LogP contribution in [0.5, 0.6) is 17.2 Å². The summed E-state index contributed by atoms with van der Waals surface area (Å²) in [6, 6.07) is 14.0. The number of methoxy groups -OCH3 is 1. The van der Waals surface area contributed by atoms with Crippen molar-refractivity contribution in [2.45, 2.75) is 32.5 Å². The van der Waals surface area contributed by atoms with E-state index in [1.807, 2.05) is 37.3 Å². The number of aliphatic hydroxyl groups excluding tert-OH is 1. The molecule has 0 aromatic heterocycles. The highest BCUT2D eigenvalue weighted by molar-refractivity contribution is 5.45. The molecule has 1 aliphatic heterocycles. The van der Waals surface area contributed by atoms with Gasteiger partial charge < -0.3 is 19.7 Å². The van der Waals surface area contributed by atoms with E-state index in [0.29, 0.717) is 18.9 Å². The standard InChI is InChI=1S/C23H32N2O4/c1-3-29-21-9-5-4-7-18(21)16-25-13-12-24(17-20(25)11-14-26)15-19-8-6-10-22(28-2)23(19)27/h4-10,20,26-27H,3,11-17H2,1-2H3. The lowest BCUT2D eigenvalue weighted by Crippen LogP contribution is -2.52. The minimum atomic E-state index is 0.159. The first kappa shape index (κ1) is 21.4. The van der Waals surface area contributed by atoms with E-state index in [2.05, 4.69) is 15.9 Å². The highest BCUT2D eigenvalue weighted by Crippen LogP contribution is 2.31. The van der Waals surface area contributed by atoms with E-state index in [9.17, 15) is 10.2 Å². The molecule has 0 aliphatic carbocycles. The van der Waals surface area contributed by atoms with E-state index in [1.165, 1.54) is 5.56 Å². The molecule has 1 aliphatic rings. The summed E-state index contributed by atoms with van der Waals surface area (Å²) in [5.74, 6) is 1.64. The van der Waals surface area contributed by atoms with Crippen LogP contribution in [0.3, 0.4) is 0 Å². The molecule has 1 saturated heterocycles. The van der Waals surface area contributed by atoms with E-state index in [-0.39, 0.29) is 18.4 Å². The number of para-hydroxylation sites is 2. The number of phenolic OH excluding ortho intramolecular Hbond substituents is 1. The van der Waals surface area contributed by atoms with Crippen molar-refractivity contribution in [2.75, 3.05) is 40.0 Å². The number of piperazine rings is 1. The molecule has 6 nitrogen and oxygen atoms in total. The van der Waals surface area contributed by atoms with Crippen LogP contribution in [0, 0.1) is 0 Å². The molecule has 0 bridgehead atoms. The molecule has 2 aromatic carbocycles. The average molecular weight is 401 g/mol. The van der Waals surface area contributed by atoms with Crippen LogP contribution in [-0.2, 0) is 13.1 Å². The summed E-state index contributed by atoms with van der Waals surface area (Å²) >= 11 is 0. The van der Waals surface area contributed by atoms with Gasteiger partial charge in [0.15, 0.2) is 11.5 Å². The van der Waals surface area contributed by atoms with Gasteiger partial charge in [0, 0.05) is 56.5 Å². The number of hydrogen-bond donors (Lipinski definition) is 2. The van der Waals surface area contributed by atoms with Crippen molar-refractivity contribution in [3.63, 3.8) is 0 Å². The van der Waals surface area contributed by atoms with Gasteiger partial charge in [-0.25, -0.2) is 0 Å². The van der Waals surface area contributed by atoms with Crippen LogP contribution < -0.4 is 9.47 Å². The molecule has 1 fully saturated rings. The molecule has 29 heavy (non-hydrogen) atoms. The summed E-state index contributed by atoms with van der Waals surface area (Å²) < 4.78 is 11.0. The van der Waals surface area contributed by atoms with E-state index in [1.54, 1.807) is 13.2 Å². The lowest BCUT2D eigenvalue weighted by molar-refractivity contribution is 0.0490. The van der Waals surface area contributed by atoms with Gasteiger partial charge in [-0.15, -0.1) is 0 Å². The molecular weight excluding hydrogens is 368 g/mol. The van der Waals surface area contributed by atoms with Crippen molar-refractivity contribution >= 4 is 0 Å². The number of benzene rings is 2. The number of aromatic hydroxyl groups is 1. The number of hydrogen-bond acceptors (Lipinski definition) is 6. The van der Waals surface area contributed by atoms with Crippen molar-refractivity contribution in [1.29, 1.82) is 0 Å². The second-order valence-electron chi connectivity index (χ2n) is 7.38. The van der Waals surface area contributed by atoms with Crippen molar-refractivity contribution in [2.24, 2.45) is 0 Å². The third-order valence-electron chi connectivity index (χ3n) is 5.49. The van der Waals surface area contributed by atoms with Crippen LogP contribution in [0.1, 0.15) is 24.5 Å².